The number of nitrogens with zero attached hydrogens (tertiary/aromatic N) is 1. The van der Waals surface area contributed by atoms with Crippen LogP contribution in [0, 0.1) is 11.3 Å². The van der Waals surface area contributed by atoms with Crippen molar-refractivity contribution in [3.63, 3.8) is 0 Å². The molecule has 0 aliphatic carbocycles. The molecule has 88 valence electrons. The summed E-state index contributed by atoms with van der Waals surface area (Å²) in [7, 11) is 0. The van der Waals surface area contributed by atoms with Gasteiger partial charge in [-0.3, -0.25) is 4.79 Å². The summed E-state index contributed by atoms with van der Waals surface area (Å²) in [6.45, 7) is 0. The second kappa shape index (κ2) is 5.44. The fraction of sp³-hybridized carbons (Fsp3) is 0.333. The van der Waals surface area contributed by atoms with E-state index in [4.69, 9.17) is 16.9 Å². The number of hydrogen-bond acceptors (Lipinski definition) is 3. The van der Waals surface area contributed by atoms with Gasteiger partial charge >= 0.3 is 0 Å². The Morgan fingerprint density at radius 2 is 2.41 bits per heavy atom. The predicted octanol–water partition coefficient (Wildman–Crippen LogP) is 3.05. The van der Waals surface area contributed by atoms with Crippen molar-refractivity contribution in [1.82, 2.24) is 0 Å². The number of nitriles is 1. The average molecular weight is 267 g/mol. The molecule has 1 aliphatic rings. The molecule has 0 radical (unpaired) electrons. The van der Waals surface area contributed by atoms with Gasteiger partial charge in [-0.05, 0) is 36.8 Å². The van der Waals surface area contributed by atoms with Gasteiger partial charge in [-0.15, -0.1) is 11.8 Å². The first kappa shape index (κ1) is 12.3. The zero-order chi connectivity index (χ0) is 12.3. The van der Waals surface area contributed by atoms with Crippen LogP contribution in [0.15, 0.2) is 18.2 Å². The molecule has 0 aromatic heterocycles. The van der Waals surface area contributed by atoms with Gasteiger partial charge in [0.15, 0.2) is 0 Å². The molecule has 1 aromatic rings. The zero-order valence-corrected chi connectivity index (χ0v) is 10.6. The van der Waals surface area contributed by atoms with E-state index < -0.39 is 0 Å². The predicted molar refractivity (Wildman–Crippen MR) is 70.3 cm³/mol. The van der Waals surface area contributed by atoms with E-state index in [1.165, 1.54) is 0 Å². The summed E-state index contributed by atoms with van der Waals surface area (Å²) in [5.74, 6) is 0.991. The molecule has 1 amide bonds. The van der Waals surface area contributed by atoms with E-state index in [0.29, 0.717) is 16.3 Å². The maximum Gasteiger partial charge on any atom is 0.237 e. The smallest absolute Gasteiger partial charge is 0.237 e. The van der Waals surface area contributed by atoms with Crippen molar-refractivity contribution < 1.29 is 4.79 Å². The summed E-state index contributed by atoms with van der Waals surface area (Å²) in [6, 6.07) is 6.90. The molecule has 1 atom stereocenters. The van der Waals surface area contributed by atoms with Crippen LogP contribution in [0.3, 0.4) is 0 Å². The third kappa shape index (κ3) is 2.93. The number of nitrogens with one attached hydrogen (secondary N) is 1. The molecule has 1 fully saturated rings. The number of benzene rings is 1. The Morgan fingerprint density at radius 3 is 3.06 bits per heavy atom. The molecular weight excluding hydrogens is 256 g/mol. The fourth-order valence-electron chi connectivity index (χ4n) is 1.72. The van der Waals surface area contributed by atoms with Crippen molar-refractivity contribution in [2.24, 2.45) is 0 Å². The Labute approximate surface area is 109 Å². The molecule has 17 heavy (non-hydrogen) atoms. The van der Waals surface area contributed by atoms with Crippen molar-refractivity contribution in [2.75, 3.05) is 11.1 Å². The van der Waals surface area contributed by atoms with Gasteiger partial charge in [0.1, 0.15) is 6.07 Å². The number of hydrogen-bond donors (Lipinski definition) is 1. The first-order chi connectivity index (χ1) is 8.20. The molecule has 0 spiro atoms. The van der Waals surface area contributed by atoms with Crippen LogP contribution in [-0.2, 0) is 4.79 Å². The number of rotatable bonds is 2. The van der Waals surface area contributed by atoms with Crippen molar-refractivity contribution in [3.05, 3.63) is 28.8 Å². The van der Waals surface area contributed by atoms with Gasteiger partial charge in [-0.25, -0.2) is 0 Å². The molecule has 0 saturated carbocycles. The van der Waals surface area contributed by atoms with Gasteiger partial charge in [0.05, 0.1) is 16.5 Å². The quantitative estimate of drug-likeness (QED) is 0.895. The van der Waals surface area contributed by atoms with Gasteiger partial charge in [0.25, 0.3) is 0 Å². The lowest BCUT2D eigenvalue weighted by Crippen LogP contribution is -2.23. The Hall–Kier alpha value is -1.18. The number of halogens is 1. The summed E-state index contributed by atoms with van der Waals surface area (Å²) >= 11 is 7.51. The van der Waals surface area contributed by atoms with Crippen molar-refractivity contribution >= 4 is 35.0 Å². The molecule has 5 heteroatoms. The summed E-state index contributed by atoms with van der Waals surface area (Å²) in [6.07, 6.45) is 1.97. The molecule has 1 N–H and O–H groups in total. The maximum absolute atomic E-state index is 11.9. The van der Waals surface area contributed by atoms with Crippen molar-refractivity contribution in [2.45, 2.75) is 18.1 Å². The molecule has 3 nitrogen and oxygen atoms in total. The lowest BCUT2D eigenvalue weighted by Gasteiger charge is -2.11. The molecule has 1 saturated heterocycles. The number of thioether (sulfide) groups is 1. The molecular formula is C12H11ClN2OS. The van der Waals surface area contributed by atoms with Crippen molar-refractivity contribution in [3.8, 4) is 6.07 Å². The molecule has 1 unspecified atom stereocenters. The van der Waals surface area contributed by atoms with E-state index in [1.54, 1.807) is 30.0 Å². The highest BCUT2D eigenvalue weighted by Gasteiger charge is 2.23. The average Bonchev–Trinajstić information content (AvgIpc) is 2.83. The minimum Gasteiger partial charge on any atom is -0.324 e. The minimum absolute atomic E-state index is 0.000486. The molecule has 0 bridgehead atoms. The SMILES string of the molecule is N#Cc1ccc(Cl)cc1NC(=O)C1CCCS1. The van der Waals surface area contributed by atoms with Crippen molar-refractivity contribution in [1.29, 1.82) is 5.26 Å². The molecule has 1 aliphatic heterocycles. The van der Waals surface area contributed by atoms with E-state index >= 15 is 0 Å². The summed E-state index contributed by atoms with van der Waals surface area (Å²) in [5, 5.41) is 12.2. The zero-order valence-electron chi connectivity index (χ0n) is 9.07. The van der Waals surface area contributed by atoms with E-state index in [0.717, 1.165) is 18.6 Å². The first-order valence-electron chi connectivity index (χ1n) is 5.33. The molecule has 1 aromatic carbocycles. The topological polar surface area (TPSA) is 52.9 Å². The fourth-order valence-corrected chi connectivity index (χ4v) is 3.05. The highest BCUT2D eigenvalue weighted by Crippen LogP contribution is 2.28. The van der Waals surface area contributed by atoms with E-state index in [9.17, 15) is 4.79 Å². The maximum atomic E-state index is 11.9. The number of carbonyl (C=O) groups is 1. The Kier molecular flexibility index (Phi) is 3.93. The van der Waals surface area contributed by atoms with Gasteiger partial charge < -0.3 is 5.32 Å². The summed E-state index contributed by atoms with van der Waals surface area (Å²) < 4.78 is 0. The van der Waals surface area contributed by atoms with E-state index in [1.807, 2.05) is 6.07 Å². The van der Waals surface area contributed by atoms with Crippen LogP contribution in [0.1, 0.15) is 18.4 Å². The van der Waals surface area contributed by atoms with Crippen LogP contribution in [-0.4, -0.2) is 16.9 Å². The van der Waals surface area contributed by atoms with E-state index in [2.05, 4.69) is 5.32 Å². The standard InChI is InChI=1S/C12H11ClN2OS/c13-9-4-3-8(7-14)10(6-9)15-12(16)11-2-1-5-17-11/h3-4,6,11H,1-2,5H2,(H,15,16). The molecule has 2 rings (SSSR count). The normalized spacial score (nSPS) is 18.7. The second-order valence-corrected chi connectivity index (χ2v) is 5.54. The number of carbonyl (C=O) groups excluding carboxylic acids is 1. The third-order valence-electron chi connectivity index (χ3n) is 2.58. The van der Waals surface area contributed by atoms with Gasteiger partial charge in [0, 0.05) is 5.02 Å². The Balaban J connectivity index is 2.15. The highest BCUT2D eigenvalue weighted by molar-refractivity contribution is 8.00. The van der Waals surface area contributed by atoms with Crippen LogP contribution >= 0.6 is 23.4 Å². The lowest BCUT2D eigenvalue weighted by atomic mass is 10.2. The number of anilines is 1. The largest absolute Gasteiger partial charge is 0.324 e. The Bertz CT molecular complexity index is 478. The van der Waals surface area contributed by atoms with Gasteiger partial charge in [0.2, 0.25) is 5.91 Å². The summed E-state index contributed by atoms with van der Waals surface area (Å²) in [5.41, 5.74) is 0.934. The van der Waals surface area contributed by atoms with Crippen LogP contribution in [0.25, 0.3) is 0 Å². The van der Waals surface area contributed by atoms with Gasteiger partial charge in [-0.2, -0.15) is 5.26 Å². The van der Waals surface area contributed by atoms with Crippen LogP contribution in [0.5, 0.6) is 0 Å². The van der Waals surface area contributed by atoms with Gasteiger partial charge in [-0.1, -0.05) is 11.6 Å². The Morgan fingerprint density at radius 1 is 1.59 bits per heavy atom. The van der Waals surface area contributed by atoms with E-state index in [-0.39, 0.29) is 11.2 Å². The van der Waals surface area contributed by atoms with Crippen LogP contribution in [0.4, 0.5) is 5.69 Å². The monoisotopic (exact) mass is 266 g/mol. The number of amides is 1. The first-order valence-corrected chi connectivity index (χ1v) is 6.75. The second-order valence-electron chi connectivity index (χ2n) is 3.79. The van der Waals surface area contributed by atoms with Crippen LogP contribution in [0.2, 0.25) is 5.02 Å². The molecule has 1 heterocycles. The minimum atomic E-state index is -0.0359. The highest BCUT2D eigenvalue weighted by atomic mass is 35.5. The van der Waals surface area contributed by atoms with Crippen LogP contribution < -0.4 is 5.32 Å². The summed E-state index contributed by atoms with van der Waals surface area (Å²) in [4.78, 5) is 11.9. The third-order valence-corrected chi connectivity index (χ3v) is 4.19. The lowest BCUT2D eigenvalue weighted by molar-refractivity contribution is -0.115.